The van der Waals surface area contributed by atoms with Gasteiger partial charge in [-0.1, -0.05) is 0 Å². The van der Waals surface area contributed by atoms with Gasteiger partial charge in [-0.05, 0) is 28.1 Å². The van der Waals surface area contributed by atoms with Crippen molar-refractivity contribution in [3.05, 3.63) is 22.3 Å². The quantitative estimate of drug-likeness (QED) is 0.835. The third-order valence-corrected chi connectivity index (χ3v) is 2.46. The highest BCUT2D eigenvalue weighted by molar-refractivity contribution is 9.10. The summed E-state index contributed by atoms with van der Waals surface area (Å²) in [6, 6.07) is 3.00. The van der Waals surface area contributed by atoms with Crippen LogP contribution in [0.15, 0.2) is 16.7 Å². The van der Waals surface area contributed by atoms with Gasteiger partial charge in [0.15, 0.2) is 0 Å². The largest absolute Gasteiger partial charge is 0.478 e. The van der Waals surface area contributed by atoms with E-state index in [-0.39, 0.29) is 5.56 Å². The second-order valence-electron chi connectivity index (χ2n) is 3.26. The molecule has 0 aliphatic carbocycles. The van der Waals surface area contributed by atoms with Crippen LogP contribution >= 0.6 is 15.9 Å². The van der Waals surface area contributed by atoms with Gasteiger partial charge in [-0.25, -0.2) is 9.78 Å². The van der Waals surface area contributed by atoms with Crippen molar-refractivity contribution in [2.24, 2.45) is 0 Å². The number of hydrogen-bond acceptors (Lipinski definition) is 4. The van der Waals surface area contributed by atoms with Crippen LogP contribution < -0.4 is 4.90 Å². The third-order valence-electron chi connectivity index (χ3n) is 2.05. The Bertz CT molecular complexity index is 384. The summed E-state index contributed by atoms with van der Waals surface area (Å²) in [7, 11) is 3.45. The van der Waals surface area contributed by atoms with Crippen molar-refractivity contribution in [2.45, 2.75) is 0 Å². The van der Waals surface area contributed by atoms with E-state index >= 15 is 0 Å². The minimum absolute atomic E-state index is 0.209. The van der Waals surface area contributed by atoms with Crippen LogP contribution in [0.4, 0.5) is 5.82 Å². The monoisotopic (exact) mass is 288 g/mol. The number of anilines is 1. The number of rotatable bonds is 5. The summed E-state index contributed by atoms with van der Waals surface area (Å²) < 4.78 is 5.45. The summed E-state index contributed by atoms with van der Waals surface area (Å²) in [5.41, 5.74) is 0.209. The molecule has 0 aromatic carbocycles. The van der Waals surface area contributed by atoms with Crippen LogP contribution in [0.25, 0.3) is 0 Å². The van der Waals surface area contributed by atoms with Crippen LogP contribution in [0, 0.1) is 0 Å². The van der Waals surface area contributed by atoms with E-state index in [1.54, 1.807) is 7.11 Å². The van der Waals surface area contributed by atoms with Crippen LogP contribution in [0.3, 0.4) is 0 Å². The summed E-state index contributed by atoms with van der Waals surface area (Å²) in [6.07, 6.45) is 0. The van der Waals surface area contributed by atoms with Gasteiger partial charge in [0.05, 0.1) is 12.2 Å². The molecule has 6 heteroatoms. The second-order valence-corrected chi connectivity index (χ2v) is 4.07. The molecule has 0 spiro atoms. The number of nitrogens with zero attached hydrogens (tertiary/aromatic N) is 2. The average Bonchev–Trinajstić information content (AvgIpc) is 2.24. The number of carboxylic acids is 1. The standard InChI is InChI=1S/C10H13BrN2O3/c1-13(3-4-16-2)9-6-7(10(14)15)5-8(11)12-9/h5-6H,3-4H2,1-2H3,(H,14,15). The smallest absolute Gasteiger partial charge is 0.335 e. The molecule has 88 valence electrons. The molecule has 1 aromatic rings. The molecule has 0 aliphatic rings. The first-order chi connectivity index (χ1) is 7.54. The lowest BCUT2D eigenvalue weighted by atomic mass is 10.2. The summed E-state index contributed by atoms with van der Waals surface area (Å²) >= 11 is 3.19. The molecule has 0 unspecified atom stereocenters. The van der Waals surface area contributed by atoms with Gasteiger partial charge in [-0.2, -0.15) is 0 Å². The highest BCUT2D eigenvalue weighted by atomic mass is 79.9. The highest BCUT2D eigenvalue weighted by Crippen LogP contribution is 2.17. The number of likely N-dealkylation sites (N-methyl/N-ethyl adjacent to an activating group) is 1. The van der Waals surface area contributed by atoms with Crippen LogP contribution in [0.1, 0.15) is 10.4 Å². The van der Waals surface area contributed by atoms with Crippen LogP contribution in [0.5, 0.6) is 0 Å². The number of hydrogen-bond donors (Lipinski definition) is 1. The van der Waals surface area contributed by atoms with Crippen LogP contribution in [-0.4, -0.2) is 43.4 Å². The van der Waals surface area contributed by atoms with Gasteiger partial charge in [0.2, 0.25) is 0 Å². The van der Waals surface area contributed by atoms with Gasteiger partial charge in [-0.15, -0.1) is 0 Å². The third kappa shape index (κ3) is 3.46. The Morgan fingerprint density at radius 3 is 2.88 bits per heavy atom. The zero-order valence-corrected chi connectivity index (χ0v) is 10.7. The fraction of sp³-hybridized carbons (Fsp3) is 0.400. The lowest BCUT2D eigenvalue weighted by Gasteiger charge is -2.18. The maximum Gasteiger partial charge on any atom is 0.335 e. The van der Waals surface area contributed by atoms with E-state index in [9.17, 15) is 4.79 Å². The van der Waals surface area contributed by atoms with Gasteiger partial charge in [0.1, 0.15) is 10.4 Å². The van der Waals surface area contributed by atoms with Crippen molar-refractivity contribution in [3.63, 3.8) is 0 Å². The summed E-state index contributed by atoms with van der Waals surface area (Å²) in [4.78, 5) is 16.9. The van der Waals surface area contributed by atoms with E-state index in [1.165, 1.54) is 12.1 Å². The molecule has 0 saturated carbocycles. The lowest BCUT2D eigenvalue weighted by Crippen LogP contribution is -2.23. The first-order valence-electron chi connectivity index (χ1n) is 4.65. The number of aromatic carboxylic acids is 1. The number of ether oxygens (including phenoxy) is 1. The molecule has 1 rings (SSSR count). The normalized spacial score (nSPS) is 10.2. The van der Waals surface area contributed by atoms with E-state index in [0.717, 1.165) is 0 Å². The minimum Gasteiger partial charge on any atom is -0.478 e. The Morgan fingerprint density at radius 2 is 2.31 bits per heavy atom. The summed E-state index contributed by atoms with van der Waals surface area (Å²) in [5, 5.41) is 8.90. The highest BCUT2D eigenvalue weighted by Gasteiger charge is 2.09. The first kappa shape index (κ1) is 12.9. The molecule has 1 N–H and O–H groups in total. The van der Waals surface area contributed by atoms with E-state index in [0.29, 0.717) is 23.6 Å². The molecule has 5 nitrogen and oxygen atoms in total. The molecule has 0 amide bonds. The van der Waals surface area contributed by atoms with Crippen molar-refractivity contribution < 1.29 is 14.6 Å². The Hall–Kier alpha value is -1.14. The molecular formula is C10H13BrN2O3. The molecule has 1 aromatic heterocycles. The molecule has 16 heavy (non-hydrogen) atoms. The number of carboxylic acid groups (broad SMARTS) is 1. The van der Waals surface area contributed by atoms with Crippen molar-refractivity contribution in [3.8, 4) is 0 Å². The van der Waals surface area contributed by atoms with Crippen molar-refractivity contribution in [1.82, 2.24) is 4.98 Å². The maximum absolute atomic E-state index is 10.9. The van der Waals surface area contributed by atoms with Crippen molar-refractivity contribution >= 4 is 27.7 Å². The SMILES string of the molecule is COCCN(C)c1cc(C(=O)O)cc(Br)n1. The van der Waals surface area contributed by atoms with Crippen LogP contribution in [-0.2, 0) is 4.74 Å². The van der Waals surface area contributed by atoms with Gasteiger partial charge < -0.3 is 14.7 Å². The Balaban J connectivity index is 2.91. The lowest BCUT2D eigenvalue weighted by molar-refractivity contribution is 0.0696. The summed E-state index contributed by atoms with van der Waals surface area (Å²) in [6.45, 7) is 1.21. The van der Waals surface area contributed by atoms with E-state index in [1.807, 2.05) is 11.9 Å². The van der Waals surface area contributed by atoms with Gasteiger partial charge in [0.25, 0.3) is 0 Å². The van der Waals surface area contributed by atoms with E-state index < -0.39 is 5.97 Å². The van der Waals surface area contributed by atoms with Crippen molar-refractivity contribution in [2.75, 3.05) is 32.2 Å². The molecule has 0 fully saturated rings. The van der Waals surface area contributed by atoms with Gasteiger partial charge in [0, 0.05) is 20.7 Å². The minimum atomic E-state index is -0.968. The second kappa shape index (κ2) is 5.81. The molecule has 0 radical (unpaired) electrons. The molecule has 0 atom stereocenters. The fourth-order valence-electron chi connectivity index (χ4n) is 1.14. The Kier molecular flexibility index (Phi) is 4.70. The number of methoxy groups -OCH3 is 1. The Labute approximate surface area is 102 Å². The first-order valence-corrected chi connectivity index (χ1v) is 5.45. The zero-order valence-electron chi connectivity index (χ0n) is 9.11. The number of aromatic nitrogens is 1. The van der Waals surface area contributed by atoms with Gasteiger partial charge in [-0.3, -0.25) is 0 Å². The summed E-state index contributed by atoms with van der Waals surface area (Å²) in [5.74, 6) is -0.367. The fourth-order valence-corrected chi connectivity index (χ4v) is 1.57. The van der Waals surface area contributed by atoms with Crippen molar-refractivity contribution in [1.29, 1.82) is 0 Å². The van der Waals surface area contributed by atoms with Crippen LogP contribution in [0.2, 0.25) is 0 Å². The molecule has 1 heterocycles. The van der Waals surface area contributed by atoms with E-state index in [2.05, 4.69) is 20.9 Å². The molecule has 0 aliphatic heterocycles. The topological polar surface area (TPSA) is 62.7 Å². The Morgan fingerprint density at radius 1 is 1.62 bits per heavy atom. The van der Waals surface area contributed by atoms with Gasteiger partial charge >= 0.3 is 5.97 Å². The predicted octanol–water partition coefficient (Wildman–Crippen LogP) is 1.62. The maximum atomic E-state index is 10.9. The predicted molar refractivity (Wildman–Crippen MR) is 64.0 cm³/mol. The molecular weight excluding hydrogens is 276 g/mol. The number of halogens is 1. The average molecular weight is 289 g/mol. The molecule has 0 bridgehead atoms. The number of pyridine rings is 1. The molecule has 0 saturated heterocycles. The van der Waals surface area contributed by atoms with E-state index in [4.69, 9.17) is 9.84 Å². The zero-order chi connectivity index (χ0) is 12.1. The number of carbonyl (C=O) groups is 1.